The molecule has 1 fully saturated rings. The standard InChI is InChI=1S/C19H24N4O3/c1-25-16-4-2-3-15(11-16)17-12-22-6-5-20-18(22)13-23(17)19(24)14-21-7-9-26-10-8-21/h2-6,11,17H,7-10,12-14H2,1H3/t17-/m1/s1. The number of fused-ring (bicyclic) bond motifs is 1. The average molecular weight is 356 g/mol. The van der Waals surface area contributed by atoms with Crippen molar-refractivity contribution in [1.29, 1.82) is 0 Å². The summed E-state index contributed by atoms with van der Waals surface area (Å²) in [5.74, 6) is 1.87. The van der Waals surface area contributed by atoms with Crippen LogP contribution < -0.4 is 4.74 Å². The minimum atomic E-state index is -0.0275. The third-order valence-electron chi connectivity index (χ3n) is 5.12. The van der Waals surface area contributed by atoms with Crippen LogP contribution in [-0.4, -0.2) is 65.2 Å². The van der Waals surface area contributed by atoms with Crippen LogP contribution in [0.2, 0.25) is 0 Å². The van der Waals surface area contributed by atoms with E-state index in [0.29, 0.717) is 32.8 Å². The Hall–Kier alpha value is -2.38. The zero-order chi connectivity index (χ0) is 17.9. The second-order valence-corrected chi connectivity index (χ2v) is 6.70. The topological polar surface area (TPSA) is 59.8 Å². The SMILES string of the molecule is COc1cccc([C@H]2Cn3ccnc3CN2C(=O)CN2CCOCC2)c1. The average Bonchev–Trinajstić information content (AvgIpc) is 3.15. The molecule has 7 nitrogen and oxygen atoms in total. The monoisotopic (exact) mass is 356 g/mol. The van der Waals surface area contributed by atoms with Crippen molar-refractivity contribution in [2.45, 2.75) is 19.1 Å². The van der Waals surface area contributed by atoms with Gasteiger partial charge in [0.05, 0.1) is 39.5 Å². The molecule has 0 saturated carbocycles. The number of carbonyl (C=O) groups excluding carboxylic acids is 1. The molecular formula is C19H24N4O3. The van der Waals surface area contributed by atoms with Crippen LogP contribution in [0.1, 0.15) is 17.4 Å². The van der Waals surface area contributed by atoms with Crippen molar-refractivity contribution in [3.05, 3.63) is 48.0 Å². The van der Waals surface area contributed by atoms with Crippen molar-refractivity contribution in [2.75, 3.05) is 40.0 Å². The van der Waals surface area contributed by atoms with E-state index in [-0.39, 0.29) is 11.9 Å². The lowest BCUT2D eigenvalue weighted by Crippen LogP contribution is -2.48. The molecular weight excluding hydrogens is 332 g/mol. The largest absolute Gasteiger partial charge is 0.497 e. The van der Waals surface area contributed by atoms with E-state index in [1.807, 2.05) is 29.3 Å². The summed E-state index contributed by atoms with van der Waals surface area (Å²) in [6.07, 6.45) is 3.78. The normalized spacial score (nSPS) is 20.7. The van der Waals surface area contributed by atoms with Crippen LogP contribution in [-0.2, 0) is 22.6 Å². The number of morpholine rings is 1. The fourth-order valence-electron chi connectivity index (χ4n) is 3.64. The molecule has 3 heterocycles. The van der Waals surface area contributed by atoms with E-state index >= 15 is 0 Å². The molecule has 2 aromatic rings. The number of methoxy groups -OCH3 is 1. The number of hydrogen-bond acceptors (Lipinski definition) is 5. The van der Waals surface area contributed by atoms with Gasteiger partial charge in [0.2, 0.25) is 5.91 Å². The summed E-state index contributed by atoms with van der Waals surface area (Å²) in [6.45, 7) is 4.64. The van der Waals surface area contributed by atoms with Crippen molar-refractivity contribution in [3.8, 4) is 5.75 Å². The molecule has 26 heavy (non-hydrogen) atoms. The Morgan fingerprint density at radius 2 is 2.19 bits per heavy atom. The molecule has 1 saturated heterocycles. The third-order valence-corrected chi connectivity index (χ3v) is 5.12. The van der Waals surface area contributed by atoms with Gasteiger partial charge in [-0.1, -0.05) is 12.1 Å². The van der Waals surface area contributed by atoms with Crippen LogP contribution in [0.3, 0.4) is 0 Å². The third kappa shape index (κ3) is 3.45. The smallest absolute Gasteiger partial charge is 0.237 e. The number of benzene rings is 1. The fraction of sp³-hybridized carbons (Fsp3) is 0.474. The van der Waals surface area contributed by atoms with Gasteiger partial charge in [-0.05, 0) is 17.7 Å². The van der Waals surface area contributed by atoms with Crippen LogP contribution in [0.15, 0.2) is 36.7 Å². The summed E-state index contributed by atoms with van der Waals surface area (Å²) in [5, 5.41) is 0. The van der Waals surface area contributed by atoms with Crippen molar-refractivity contribution < 1.29 is 14.3 Å². The Morgan fingerprint density at radius 3 is 3.00 bits per heavy atom. The van der Waals surface area contributed by atoms with Crippen LogP contribution in [0, 0.1) is 0 Å². The molecule has 7 heteroatoms. The maximum absolute atomic E-state index is 13.1. The molecule has 0 bridgehead atoms. The van der Waals surface area contributed by atoms with Gasteiger partial charge in [0.15, 0.2) is 0 Å². The minimum absolute atomic E-state index is 0.0275. The van der Waals surface area contributed by atoms with Gasteiger partial charge >= 0.3 is 0 Å². The molecule has 4 rings (SSSR count). The summed E-state index contributed by atoms with van der Waals surface area (Å²) in [4.78, 5) is 21.6. The quantitative estimate of drug-likeness (QED) is 0.827. The van der Waals surface area contributed by atoms with Crippen LogP contribution in [0.5, 0.6) is 5.75 Å². The molecule has 0 spiro atoms. The molecule has 1 atom stereocenters. The van der Waals surface area contributed by atoms with Gasteiger partial charge in [0, 0.05) is 32.0 Å². The first-order valence-electron chi connectivity index (χ1n) is 8.98. The molecule has 2 aliphatic heterocycles. The molecule has 2 aliphatic rings. The highest BCUT2D eigenvalue weighted by Gasteiger charge is 2.32. The van der Waals surface area contributed by atoms with E-state index in [1.165, 1.54) is 0 Å². The van der Waals surface area contributed by atoms with Gasteiger partial charge in [-0.3, -0.25) is 9.69 Å². The Morgan fingerprint density at radius 1 is 1.35 bits per heavy atom. The maximum Gasteiger partial charge on any atom is 0.237 e. The van der Waals surface area contributed by atoms with Gasteiger partial charge in [-0.15, -0.1) is 0 Å². The Kier molecular flexibility index (Phi) is 4.90. The zero-order valence-corrected chi connectivity index (χ0v) is 15.0. The number of ether oxygens (including phenoxy) is 2. The predicted molar refractivity (Wildman–Crippen MR) is 95.8 cm³/mol. The van der Waals surface area contributed by atoms with E-state index in [2.05, 4.69) is 20.5 Å². The minimum Gasteiger partial charge on any atom is -0.497 e. The number of nitrogens with zero attached hydrogens (tertiary/aromatic N) is 4. The second kappa shape index (κ2) is 7.47. The molecule has 1 amide bonds. The number of amides is 1. The van der Waals surface area contributed by atoms with Gasteiger partial charge < -0.3 is 18.9 Å². The van der Waals surface area contributed by atoms with E-state index < -0.39 is 0 Å². The number of rotatable bonds is 4. The first-order valence-corrected chi connectivity index (χ1v) is 8.98. The summed E-state index contributed by atoms with van der Waals surface area (Å²) in [5.41, 5.74) is 1.08. The van der Waals surface area contributed by atoms with E-state index in [1.54, 1.807) is 13.3 Å². The maximum atomic E-state index is 13.1. The van der Waals surface area contributed by atoms with Crippen molar-refractivity contribution in [2.24, 2.45) is 0 Å². The highest BCUT2D eigenvalue weighted by molar-refractivity contribution is 5.79. The molecule has 0 N–H and O–H groups in total. The molecule has 138 valence electrons. The van der Waals surface area contributed by atoms with Crippen molar-refractivity contribution in [3.63, 3.8) is 0 Å². The van der Waals surface area contributed by atoms with Crippen LogP contribution in [0.4, 0.5) is 0 Å². The predicted octanol–water partition coefficient (Wildman–Crippen LogP) is 1.31. The number of aromatic nitrogens is 2. The number of imidazole rings is 1. The van der Waals surface area contributed by atoms with Crippen LogP contribution in [0.25, 0.3) is 0 Å². The van der Waals surface area contributed by atoms with E-state index in [4.69, 9.17) is 9.47 Å². The molecule has 0 unspecified atom stereocenters. The zero-order valence-electron chi connectivity index (χ0n) is 15.0. The summed E-state index contributed by atoms with van der Waals surface area (Å²) in [6, 6.07) is 7.95. The lowest BCUT2D eigenvalue weighted by Gasteiger charge is -2.38. The lowest BCUT2D eigenvalue weighted by molar-refractivity contribution is -0.138. The van der Waals surface area contributed by atoms with Gasteiger partial charge in [-0.2, -0.15) is 0 Å². The Bertz CT molecular complexity index is 770. The number of carbonyl (C=O) groups is 1. The van der Waals surface area contributed by atoms with Gasteiger partial charge in [0.1, 0.15) is 11.6 Å². The Balaban J connectivity index is 1.59. The molecule has 0 radical (unpaired) electrons. The summed E-state index contributed by atoms with van der Waals surface area (Å²) >= 11 is 0. The fourth-order valence-corrected chi connectivity index (χ4v) is 3.64. The molecule has 1 aromatic heterocycles. The summed E-state index contributed by atoms with van der Waals surface area (Å²) in [7, 11) is 1.66. The van der Waals surface area contributed by atoms with Gasteiger partial charge in [-0.25, -0.2) is 4.98 Å². The molecule has 1 aromatic carbocycles. The van der Waals surface area contributed by atoms with E-state index in [0.717, 1.165) is 30.2 Å². The highest BCUT2D eigenvalue weighted by Crippen LogP contribution is 2.31. The number of hydrogen-bond donors (Lipinski definition) is 0. The van der Waals surface area contributed by atoms with Gasteiger partial charge in [0.25, 0.3) is 0 Å². The first kappa shape index (κ1) is 17.1. The molecule has 0 aliphatic carbocycles. The Labute approximate surface area is 153 Å². The van der Waals surface area contributed by atoms with Crippen LogP contribution >= 0.6 is 0 Å². The first-order chi connectivity index (χ1) is 12.7. The van der Waals surface area contributed by atoms with Crippen molar-refractivity contribution in [1.82, 2.24) is 19.4 Å². The summed E-state index contributed by atoms with van der Waals surface area (Å²) < 4.78 is 12.9. The lowest BCUT2D eigenvalue weighted by atomic mass is 10.0. The van der Waals surface area contributed by atoms with Crippen molar-refractivity contribution >= 4 is 5.91 Å². The highest BCUT2D eigenvalue weighted by atomic mass is 16.5. The second-order valence-electron chi connectivity index (χ2n) is 6.70. The van der Waals surface area contributed by atoms with E-state index in [9.17, 15) is 4.79 Å².